The summed E-state index contributed by atoms with van der Waals surface area (Å²) < 4.78 is 10.5. The van der Waals surface area contributed by atoms with Crippen LogP contribution in [0.2, 0.25) is 0 Å². The van der Waals surface area contributed by atoms with Crippen molar-refractivity contribution in [2.45, 2.75) is 6.42 Å². The number of rotatable bonds is 11. The third-order valence-electron chi connectivity index (χ3n) is 2.38. The zero-order valence-electron chi connectivity index (χ0n) is 10.4. The van der Waals surface area contributed by atoms with Crippen molar-refractivity contribution in [3.63, 3.8) is 0 Å². The molecule has 0 aromatic carbocycles. The summed E-state index contributed by atoms with van der Waals surface area (Å²) in [5.74, 6) is 0.0629. The largest absolute Gasteiger partial charge is 0.409 e. The predicted molar refractivity (Wildman–Crippen MR) is 65.3 cm³/mol. The molecule has 108 valence electrons. The molecule has 0 aromatic heterocycles. The summed E-state index contributed by atoms with van der Waals surface area (Å²) in [6, 6.07) is 0. The van der Waals surface area contributed by atoms with Crippen LogP contribution >= 0.6 is 0 Å². The average molecular weight is 265 g/mol. The van der Waals surface area contributed by atoms with Crippen molar-refractivity contribution in [3.05, 3.63) is 0 Å². The van der Waals surface area contributed by atoms with Gasteiger partial charge in [0.1, 0.15) is 5.84 Å². The third-order valence-corrected chi connectivity index (χ3v) is 2.38. The van der Waals surface area contributed by atoms with E-state index < -0.39 is 5.41 Å². The number of nitrogens with zero attached hydrogens (tertiary/aromatic N) is 1. The maximum atomic E-state index is 9.29. The van der Waals surface area contributed by atoms with Crippen LogP contribution < -0.4 is 11.5 Å². The zero-order valence-corrected chi connectivity index (χ0v) is 10.4. The number of aliphatic hydroxyl groups excluding tert-OH is 2. The van der Waals surface area contributed by atoms with Crippen LogP contribution in [0.3, 0.4) is 0 Å². The van der Waals surface area contributed by atoms with Gasteiger partial charge in [0.2, 0.25) is 0 Å². The van der Waals surface area contributed by atoms with E-state index in [1.165, 1.54) is 0 Å². The number of nitrogens with two attached hydrogens (primary N) is 2. The van der Waals surface area contributed by atoms with Crippen molar-refractivity contribution in [1.29, 1.82) is 0 Å². The fourth-order valence-electron chi connectivity index (χ4n) is 1.16. The second kappa shape index (κ2) is 10.0. The first kappa shape index (κ1) is 17.1. The highest BCUT2D eigenvalue weighted by Gasteiger charge is 2.29. The lowest BCUT2D eigenvalue weighted by molar-refractivity contribution is -0.0747. The van der Waals surface area contributed by atoms with Crippen molar-refractivity contribution in [1.82, 2.24) is 0 Å². The Morgan fingerprint density at radius 2 is 1.67 bits per heavy atom. The van der Waals surface area contributed by atoms with E-state index >= 15 is 0 Å². The van der Waals surface area contributed by atoms with Crippen molar-refractivity contribution in [2.24, 2.45) is 22.0 Å². The monoisotopic (exact) mass is 265 g/mol. The van der Waals surface area contributed by atoms with Gasteiger partial charge in [0, 0.05) is 13.0 Å². The maximum Gasteiger partial charge on any atom is 0.141 e. The molecular formula is C10H23N3O5. The molecule has 0 rings (SSSR count). The highest BCUT2D eigenvalue weighted by Crippen LogP contribution is 2.17. The van der Waals surface area contributed by atoms with E-state index in [1.807, 2.05) is 0 Å². The van der Waals surface area contributed by atoms with E-state index in [0.717, 1.165) is 0 Å². The number of hydrogen-bond acceptors (Lipinski definition) is 7. The number of ether oxygens (including phenoxy) is 2. The number of aliphatic hydroxyl groups is 2. The van der Waals surface area contributed by atoms with Crippen molar-refractivity contribution in [2.75, 3.05) is 46.2 Å². The van der Waals surface area contributed by atoms with Crippen LogP contribution in [0.1, 0.15) is 6.42 Å². The van der Waals surface area contributed by atoms with Gasteiger partial charge in [0.15, 0.2) is 0 Å². The van der Waals surface area contributed by atoms with Crippen LogP contribution in [-0.2, 0) is 9.47 Å². The van der Waals surface area contributed by atoms with Gasteiger partial charge in [-0.2, -0.15) is 0 Å². The van der Waals surface area contributed by atoms with Gasteiger partial charge in [-0.25, -0.2) is 0 Å². The molecule has 0 saturated carbocycles. The lowest BCUT2D eigenvalue weighted by Crippen LogP contribution is -2.40. The minimum Gasteiger partial charge on any atom is -0.409 e. The third kappa shape index (κ3) is 6.72. The second-order valence-corrected chi connectivity index (χ2v) is 4.05. The maximum absolute atomic E-state index is 9.29. The Balaban J connectivity index is 4.01. The standard InChI is InChI=1S/C10H23N3O5/c11-2-4-18-8-10(5-14,6-15)7-17-3-1-9(12)13-16/h14-16H,1-8,11H2,(H2,12,13). The van der Waals surface area contributed by atoms with Crippen LogP contribution in [0.25, 0.3) is 0 Å². The molecule has 0 bridgehead atoms. The smallest absolute Gasteiger partial charge is 0.141 e. The molecule has 0 spiro atoms. The quantitative estimate of drug-likeness (QED) is 0.0963. The molecule has 0 aliphatic heterocycles. The molecule has 0 amide bonds. The van der Waals surface area contributed by atoms with Crippen LogP contribution in [-0.4, -0.2) is 67.4 Å². The van der Waals surface area contributed by atoms with Gasteiger partial charge in [-0.15, -0.1) is 0 Å². The van der Waals surface area contributed by atoms with E-state index in [9.17, 15) is 10.2 Å². The molecule has 0 aromatic rings. The van der Waals surface area contributed by atoms with Gasteiger partial charge in [-0.3, -0.25) is 0 Å². The molecule has 8 heteroatoms. The summed E-state index contributed by atoms with van der Waals surface area (Å²) in [6.07, 6.45) is 0.271. The summed E-state index contributed by atoms with van der Waals surface area (Å²) in [7, 11) is 0. The van der Waals surface area contributed by atoms with Gasteiger partial charge >= 0.3 is 0 Å². The van der Waals surface area contributed by atoms with Crippen molar-refractivity contribution >= 4 is 5.84 Å². The molecule has 0 heterocycles. The van der Waals surface area contributed by atoms with Crippen LogP contribution in [0.15, 0.2) is 5.16 Å². The molecule has 0 saturated heterocycles. The Morgan fingerprint density at radius 1 is 1.11 bits per heavy atom. The molecular weight excluding hydrogens is 242 g/mol. The van der Waals surface area contributed by atoms with Crippen LogP contribution in [0.5, 0.6) is 0 Å². The number of oxime groups is 1. The van der Waals surface area contributed by atoms with E-state index in [4.69, 9.17) is 26.1 Å². The Bertz CT molecular complexity index is 234. The first-order chi connectivity index (χ1) is 8.64. The van der Waals surface area contributed by atoms with Gasteiger partial charge in [0.25, 0.3) is 0 Å². The summed E-state index contributed by atoms with van der Waals surface area (Å²) in [6.45, 7) is 0.691. The topological polar surface area (TPSA) is 144 Å². The number of amidine groups is 1. The summed E-state index contributed by atoms with van der Waals surface area (Å²) in [5.41, 5.74) is 9.69. The van der Waals surface area contributed by atoms with E-state index in [2.05, 4.69) is 5.16 Å². The molecule has 8 nitrogen and oxygen atoms in total. The molecule has 0 aliphatic rings. The van der Waals surface area contributed by atoms with E-state index in [0.29, 0.717) is 13.2 Å². The van der Waals surface area contributed by atoms with E-state index in [1.54, 1.807) is 0 Å². The van der Waals surface area contributed by atoms with Crippen LogP contribution in [0, 0.1) is 5.41 Å². The Morgan fingerprint density at radius 3 is 2.11 bits per heavy atom. The van der Waals surface area contributed by atoms with Gasteiger partial charge in [-0.05, 0) is 0 Å². The molecule has 7 N–H and O–H groups in total. The number of hydrogen-bond donors (Lipinski definition) is 5. The van der Waals surface area contributed by atoms with E-state index in [-0.39, 0.29) is 45.3 Å². The predicted octanol–water partition coefficient (Wildman–Crippen LogP) is -1.91. The molecule has 0 radical (unpaired) electrons. The second-order valence-electron chi connectivity index (χ2n) is 4.05. The fraction of sp³-hybridized carbons (Fsp3) is 0.900. The lowest BCUT2D eigenvalue weighted by Gasteiger charge is -2.29. The normalized spacial score (nSPS) is 12.9. The van der Waals surface area contributed by atoms with Crippen molar-refractivity contribution < 1.29 is 24.9 Å². The minimum atomic E-state index is -0.861. The van der Waals surface area contributed by atoms with Crippen LogP contribution in [0.4, 0.5) is 0 Å². The minimum absolute atomic E-state index is 0.0629. The Labute approximate surface area is 106 Å². The molecule has 0 unspecified atom stereocenters. The van der Waals surface area contributed by atoms with Gasteiger partial charge < -0.3 is 36.4 Å². The molecule has 0 atom stereocenters. The first-order valence-electron chi connectivity index (χ1n) is 5.68. The van der Waals surface area contributed by atoms with Crippen molar-refractivity contribution in [3.8, 4) is 0 Å². The summed E-state index contributed by atoms with van der Waals surface area (Å²) in [5, 5.41) is 29.7. The molecule has 18 heavy (non-hydrogen) atoms. The first-order valence-corrected chi connectivity index (χ1v) is 5.68. The molecule has 0 fully saturated rings. The Kier molecular flexibility index (Phi) is 9.52. The summed E-state index contributed by atoms with van der Waals surface area (Å²) >= 11 is 0. The Hall–Kier alpha value is -0.930. The highest BCUT2D eigenvalue weighted by molar-refractivity contribution is 5.79. The highest BCUT2D eigenvalue weighted by atomic mass is 16.5. The SMILES string of the molecule is NCCOCC(CO)(CO)COCC/C(N)=N\O. The molecule has 0 aliphatic carbocycles. The zero-order chi connectivity index (χ0) is 13.9. The lowest BCUT2D eigenvalue weighted by atomic mass is 9.92. The fourth-order valence-corrected chi connectivity index (χ4v) is 1.16. The average Bonchev–Trinajstić information content (AvgIpc) is 2.41. The van der Waals surface area contributed by atoms with Gasteiger partial charge in [0.05, 0.1) is 45.1 Å². The summed E-state index contributed by atoms with van der Waals surface area (Å²) in [4.78, 5) is 0. The van der Waals surface area contributed by atoms with Gasteiger partial charge in [-0.1, -0.05) is 5.16 Å².